The van der Waals surface area contributed by atoms with E-state index >= 15 is 0 Å². The van der Waals surface area contributed by atoms with E-state index in [4.69, 9.17) is 5.73 Å². The Labute approximate surface area is 85.1 Å². The standard InChI is InChI=1S/C10H20N2O2/c1-10(2,3)8(11)9(14)12-5-4-7(13)6-12/h7-8,13H,4-6,11H2,1-3H3. The number of rotatable bonds is 1. The van der Waals surface area contributed by atoms with Gasteiger partial charge in [0.2, 0.25) is 5.91 Å². The Morgan fingerprint density at radius 3 is 2.50 bits per heavy atom. The van der Waals surface area contributed by atoms with Crippen LogP contribution in [0.15, 0.2) is 0 Å². The van der Waals surface area contributed by atoms with Gasteiger partial charge >= 0.3 is 0 Å². The predicted molar refractivity (Wildman–Crippen MR) is 54.6 cm³/mol. The fourth-order valence-corrected chi connectivity index (χ4v) is 1.51. The van der Waals surface area contributed by atoms with Crippen molar-refractivity contribution in [2.75, 3.05) is 13.1 Å². The molecule has 0 aromatic rings. The summed E-state index contributed by atoms with van der Waals surface area (Å²) in [4.78, 5) is 13.5. The van der Waals surface area contributed by atoms with Crippen LogP contribution in [0.5, 0.6) is 0 Å². The molecule has 1 heterocycles. The zero-order chi connectivity index (χ0) is 10.9. The average molecular weight is 200 g/mol. The van der Waals surface area contributed by atoms with Gasteiger partial charge in [0.25, 0.3) is 0 Å². The monoisotopic (exact) mass is 200 g/mol. The van der Waals surface area contributed by atoms with Crippen LogP contribution in [0.4, 0.5) is 0 Å². The minimum atomic E-state index is -0.479. The van der Waals surface area contributed by atoms with Gasteiger partial charge in [0, 0.05) is 13.1 Å². The van der Waals surface area contributed by atoms with Crippen LogP contribution >= 0.6 is 0 Å². The number of aliphatic hydroxyl groups is 1. The normalized spacial score (nSPS) is 25.2. The van der Waals surface area contributed by atoms with E-state index in [0.717, 1.165) is 0 Å². The van der Waals surface area contributed by atoms with Crippen molar-refractivity contribution >= 4 is 5.91 Å². The van der Waals surface area contributed by atoms with E-state index in [1.807, 2.05) is 20.8 Å². The highest BCUT2D eigenvalue weighted by Crippen LogP contribution is 2.21. The van der Waals surface area contributed by atoms with E-state index in [-0.39, 0.29) is 17.4 Å². The van der Waals surface area contributed by atoms with Crippen molar-refractivity contribution in [2.45, 2.75) is 39.3 Å². The smallest absolute Gasteiger partial charge is 0.240 e. The quantitative estimate of drug-likeness (QED) is 0.624. The van der Waals surface area contributed by atoms with Crippen LogP contribution in [0.1, 0.15) is 27.2 Å². The van der Waals surface area contributed by atoms with Gasteiger partial charge in [-0.25, -0.2) is 0 Å². The molecular formula is C10H20N2O2. The molecule has 82 valence electrons. The fraction of sp³-hybridized carbons (Fsp3) is 0.900. The Balaban J connectivity index is 2.57. The molecule has 0 spiro atoms. The molecular weight excluding hydrogens is 180 g/mol. The van der Waals surface area contributed by atoms with Gasteiger partial charge in [0.1, 0.15) is 0 Å². The Kier molecular flexibility index (Phi) is 3.17. The lowest BCUT2D eigenvalue weighted by Gasteiger charge is -2.29. The summed E-state index contributed by atoms with van der Waals surface area (Å²) < 4.78 is 0. The highest BCUT2D eigenvalue weighted by atomic mass is 16.3. The van der Waals surface area contributed by atoms with E-state index in [0.29, 0.717) is 19.5 Å². The second-order valence-electron chi connectivity index (χ2n) is 5.07. The van der Waals surface area contributed by atoms with Crippen LogP contribution < -0.4 is 5.73 Å². The molecule has 0 radical (unpaired) electrons. The third kappa shape index (κ3) is 2.45. The summed E-state index contributed by atoms with van der Waals surface area (Å²) in [7, 11) is 0. The second-order valence-corrected chi connectivity index (χ2v) is 5.07. The summed E-state index contributed by atoms with van der Waals surface area (Å²) in [6.07, 6.45) is 0.300. The van der Waals surface area contributed by atoms with Crippen molar-refractivity contribution < 1.29 is 9.90 Å². The van der Waals surface area contributed by atoms with Crippen molar-refractivity contribution in [1.29, 1.82) is 0 Å². The predicted octanol–water partition coefficient (Wildman–Crippen LogP) is -0.0470. The molecule has 1 fully saturated rings. The zero-order valence-electron chi connectivity index (χ0n) is 9.16. The Hall–Kier alpha value is -0.610. The van der Waals surface area contributed by atoms with Crippen LogP contribution in [-0.2, 0) is 4.79 Å². The van der Waals surface area contributed by atoms with Crippen LogP contribution in [0, 0.1) is 5.41 Å². The number of aliphatic hydroxyl groups excluding tert-OH is 1. The first-order valence-electron chi connectivity index (χ1n) is 5.05. The Bertz CT molecular complexity index is 223. The summed E-state index contributed by atoms with van der Waals surface area (Å²) in [6.45, 7) is 6.90. The number of amides is 1. The van der Waals surface area contributed by atoms with E-state index in [1.165, 1.54) is 0 Å². The van der Waals surface area contributed by atoms with Crippen LogP contribution in [0.2, 0.25) is 0 Å². The molecule has 0 bridgehead atoms. The molecule has 0 aliphatic carbocycles. The molecule has 2 atom stereocenters. The number of hydrogen-bond donors (Lipinski definition) is 2. The van der Waals surface area contributed by atoms with E-state index < -0.39 is 6.04 Å². The molecule has 14 heavy (non-hydrogen) atoms. The Morgan fingerprint density at radius 2 is 2.14 bits per heavy atom. The molecule has 0 aromatic carbocycles. The molecule has 4 nitrogen and oxygen atoms in total. The van der Waals surface area contributed by atoms with E-state index in [9.17, 15) is 9.90 Å². The topological polar surface area (TPSA) is 66.6 Å². The van der Waals surface area contributed by atoms with Crippen molar-refractivity contribution in [1.82, 2.24) is 4.90 Å². The van der Waals surface area contributed by atoms with Gasteiger partial charge in [-0.1, -0.05) is 20.8 Å². The zero-order valence-corrected chi connectivity index (χ0v) is 9.16. The van der Waals surface area contributed by atoms with Gasteiger partial charge in [-0.3, -0.25) is 4.79 Å². The van der Waals surface area contributed by atoms with Gasteiger partial charge < -0.3 is 15.7 Å². The molecule has 1 amide bonds. The maximum atomic E-state index is 11.8. The SMILES string of the molecule is CC(C)(C)C(N)C(=O)N1CCC(O)C1. The molecule has 1 rings (SSSR count). The number of hydrogen-bond acceptors (Lipinski definition) is 3. The lowest BCUT2D eigenvalue weighted by molar-refractivity contribution is -0.134. The minimum Gasteiger partial charge on any atom is -0.391 e. The molecule has 0 aromatic heterocycles. The van der Waals surface area contributed by atoms with Crippen LogP contribution in [0.25, 0.3) is 0 Å². The molecule has 0 saturated carbocycles. The lowest BCUT2D eigenvalue weighted by Crippen LogP contribution is -2.49. The first kappa shape index (κ1) is 11.5. The molecule has 1 aliphatic heterocycles. The van der Waals surface area contributed by atoms with Gasteiger partial charge in [-0.15, -0.1) is 0 Å². The first-order valence-corrected chi connectivity index (χ1v) is 5.05. The Morgan fingerprint density at radius 1 is 1.57 bits per heavy atom. The van der Waals surface area contributed by atoms with Gasteiger partial charge in [-0.2, -0.15) is 0 Å². The van der Waals surface area contributed by atoms with Gasteiger partial charge in [0.05, 0.1) is 12.1 Å². The third-order valence-corrected chi connectivity index (χ3v) is 2.67. The summed E-state index contributed by atoms with van der Waals surface area (Å²) in [5, 5.41) is 9.30. The van der Waals surface area contributed by atoms with Gasteiger partial charge in [0.15, 0.2) is 0 Å². The van der Waals surface area contributed by atoms with E-state index in [1.54, 1.807) is 4.90 Å². The maximum Gasteiger partial charge on any atom is 0.240 e. The van der Waals surface area contributed by atoms with Crippen LogP contribution in [0.3, 0.4) is 0 Å². The molecule has 3 N–H and O–H groups in total. The second kappa shape index (κ2) is 3.87. The summed E-state index contributed by atoms with van der Waals surface area (Å²) in [5.41, 5.74) is 5.63. The number of nitrogens with zero attached hydrogens (tertiary/aromatic N) is 1. The first-order chi connectivity index (χ1) is 6.32. The third-order valence-electron chi connectivity index (χ3n) is 2.67. The summed E-state index contributed by atoms with van der Waals surface area (Å²) in [6, 6.07) is -0.479. The van der Waals surface area contributed by atoms with Crippen LogP contribution in [-0.4, -0.2) is 41.1 Å². The average Bonchev–Trinajstić information content (AvgIpc) is 2.47. The van der Waals surface area contributed by atoms with Crippen molar-refractivity contribution in [3.8, 4) is 0 Å². The molecule has 1 saturated heterocycles. The van der Waals surface area contributed by atoms with Crippen molar-refractivity contribution in [2.24, 2.45) is 11.1 Å². The summed E-state index contributed by atoms with van der Waals surface area (Å²) in [5.74, 6) is -0.0472. The van der Waals surface area contributed by atoms with Crippen molar-refractivity contribution in [3.63, 3.8) is 0 Å². The van der Waals surface area contributed by atoms with E-state index in [2.05, 4.69) is 0 Å². The number of likely N-dealkylation sites (tertiary alicyclic amines) is 1. The number of carbonyl (C=O) groups is 1. The molecule has 2 unspecified atom stereocenters. The lowest BCUT2D eigenvalue weighted by atomic mass is 9.86. The highest BCUT2D eigenvalue weighted by Gasteiger charge is 2.34. The minimum absolute atomic E-state index is 0.0472. The summed E-state index contributed by atoms with van der Waals surface area (Å²) >= 11 is 0. The number of β-amino-alcohol motifs (C(OH)–C–C–N with tert-alkyl or cyclic N) is 1. The number of carbonyl (C=O) groups excluding carboxylic acids is 1. The van der Waals surface area contributed by atoms with Crippen molar-refractivity contribution in [3.05, 3.63) is 0 Å². The largest absolute Gasteiger partial charge is 0.391 e. The highest BCUT2D eigenvalue weighted by molar-refractivity contribution is 5.82. The molecule has 4 heteroatoms. The number of nitrogens with two attached hydrogens (primary N) is 1. The fourth-order valence-electron chi connectivity index (χ4n) is 1.51. The maximum absolute atomic E-state index is 11.8. The molecule has 1 aliphatic rings. The van der Waals surface area contributed by atoms with Gasteiger partial charge in [-0.05, 0) is 11.8 Å².